The van der Waals surface area contributed by atoms with Crippen LogP contribution in [0.5, 0.6) is 5.75 Å². The SMILES string of the molecule is C=CCCc1ccc(OC(=O)C2CCCC3CC(C4CCC(CCC)CC4)CCC32)c(F)c1. The van der Waals surface area contributed by atoms with E-state index in [-0.39, 0.29) is 17.6 Å². The van der Waals surface area contributed by atoms with Crippen LogP contribution in [0.25, 0.3) is 0 Å². The molecule has 2 nitrogen and oxygen atoms in total. The minimum atomic E-state index is -0.431. The van der Waals surface area contributed by atoms with Gasteiger partial charge < -0.3 is 4.74 Å². The van der Waals surface area contributed by atoms with Gasteiger partial charge in [0.25, 0.3) is 0 Å². The Morgan fingerprint density at radius 2 is 1.85 bits per heavy atom. The fraction of sp³-hybridized carbons (Fsp3) is 0.700. The van der Waals surface area contributed by atoms with Crippen LogP contribution in [0.4, 0.5) is 4.39 Å². The lowest BCUT2D eigenvalue weighted by Gasteiger charge is -2.46. The van der Waals surface area contributed by atoms with Crippen LogP contribution in [0, 0.1) is 41.3 Å². The van der Waals surface area contributed by atoms with Crippen LogP contribution in [0.2, 0.25) is 0 Å². The van der Waals surface area contributed by atoms with E-state index in [4.69, 9.17) is 4.74 Å². The molecule has 1 aromatic rings. The number of allylic oxidation sites excluding steroid dienone is 1. The first-order chi connectivity index (χ1) is 16.1. The highest BCUT2D eigenvalue weighted by atomic mass is 19.1. The van der Waals surface area contributed by atoms with E-state index in [9.17, 15) is 9.18 Å². The quantitative estimate of drug-likeness (QED) is 0.224. The largest absolute Gasteiger partial charge is 0.423 e. The Morgan fingerprint density at radius 3 is 2.58 bits per heavy atom. The van der Waals surface area contributed by atoms with Gasteiger partial charge in [-0.25, -0.2) is 4.39 Å². The molecule has 3 saturated carbocycles. The van der Waals surface area contributed by atoms with Crippen LogP contribution in [0.1, 0.15) is 96.0 Å². The van der Waals surface area contributed by atoms with Crippen molar-refractivity contribution in [2.75, 3.05) is 0 Å². The monoisotopic (exact) mass is 454 g/mol. The van der Waals surface area contributed by atoms with Crippen molar-refractivity contribution in [3.05, 3.63) is 42.2 Å². The molecule has 0 heterocycles. The molecular weight excluding hydrogens is 411 g/mol. The lowest BCUT2D eigenvalue weighted by atomic mass is 9.59. The molecule has 0 saturated heterocycles. The van der Waals surface area contributed by atoms with Crippen molar-refractivity contribution in [2.45, 2.75) is 96.8 Å². The highest BCUT2D eigenvalue weighted by Gasteiger charge is 2.43. The molecule has 4 rings (SSSR count). The van der Waals surface area contributed by atoms with Crippen molar-refractivity contribution in [3.8, 4) is 5.75 Å². The summed E-state index contributed by atoms with van der Waals surface area (Å²) >= 11 is 0. The van der Waals surface area contributed by atoms with Gasteiger partial charge >= 0.3 is 5.97 Å². The van der Waals surface area contributed by atoms with E-state index in [0.29, 0.717) is 11.8 Å². The molecule has 0 aliphatic heterocycles. The third kappa shape index (κ3) is 6.08. The summed E-state index contributed by atoms with van der Waals surface area (Å²) < 4.78 is 20.2. The van der Waals surface area contributed by atoms with Gasteiger partial charge in [0, 0.05) is 0 Å². The summed E-state index contributed by atoms with van der Waals surface area (Å²) in [5.41, 5.74) is 0.909. The number of ether oxygens (including phenoxy) is 1. The van der Waals surface area contributed by atoms with E-state index in [1.807, 2.05) is 12.1 Å². The van der Waals surface area contributed by atoms with Gasteiger partial charge in [0.1, 0.15) is 0 Å². The average molecular weight is 455 g/mol. The van der Waals surface area contributed by atoms with Gasteiger partial charge in [-0.05, 0) is 98.7 Å². The lowest BCUT2D eigenvalue weighted by molar-refractivity contribution is -0.144. The van der Waals surface area contributed by atoms with E-state index in [0.717, 1.165) is 55.4 Å². The molecule has 1 aromatic carbocycles. The fourth-order valence-corrected chi connectivity index (χ4v) is 7.31. The van der Waals surface area contributed by atoms with Crippen molar-refractivity contribution in [2.24, 2.45) is 35.5 Å². The molecular formula is C30H43FO2. The molecule has 182 valence electrons. The van der Waals surface area contributed by atoms with Gasteiger partial charge in [-0.1, -0.05) is 57.6 Å². The number of hydrogen-bond acceptors (Lipinski definition) is 2. The first kappa shape index (κ1) is 24.5. The van der Waals surface area contributed by atoms with Crippen molar-refractivity contribution in [3.63, 3.8) is 0 Å². The van der Waals surface area contributed by atoms with Gasteiger partial charge in [-0.3, -0.25) is 4.79 Å². The van der Waals surface area contributed by atoms with E-state index < -0.39 is 5.82 Å². The Balaban J connectivity index is 1.32. The number of esters is 1. The maximum atomic E-state index is 14.6. The summed E-state index contributed by atoms with van der Waals surface area (Å²) in [6, 6.07) is 4.98. The molecule has 0 N–H and O–H groups in total. The smallest absolute Gasteiger partial charge is 0.314 e. The Kier molecular flexibility index (Phi) is 8.66. The van der Waals surface area contributed by atoms with Crippen LogP contribution in [0.3, 0.4) is 0 Å². The predicted octanol–water partition coefficient (Wildman–Crippen LogP) is 8.29. The fourth-order valence-electron chi connectivity index (χ4n) is 7.31. The molecule has 3 aliphatic carbocycles. The Morgan fingerprint density at radius 1 is 1.06 bits per heavy atom. The van der Waals surface area contributed by atoms with E-state index >= 15 is 0 Å². The Bertz CT molecular complexity index is 794. The van der Waals surface area contributed by atoms with E-state index in [1.54, 1.807) is 6.07 Å². The third-order valence-electron chi connectivity index (χ3n) is 9.09. The van der Waals surface area contributed by atoms with Crippen molar-refractivity contribution in [1.82, 2.24) is 0 Å². The molecule has 3 fully saturated rings. The molecule has 4 atom stereocenters. The number of halogens is 1. The summed E-state index contributed by atoms with van der Waals surface area (Å²) in [5, 5.41) is 0. The van der Waals surface area contributed by atoms with Crippen LogP contribution >= 0.6 is 0 Å². The first-order valence-electron chi connectivity index (χ1n) is 13.7. The molecule has 3 heteroatoms. The van der Waals surface area contributed by atoms with Gasteiger partial charge in [0.15, 0.2) is 11.6 Å². The Labute approximate surface area is 200 Å². The minimum Gasteiger partial charge on any atom is -0.423 e. The van der Waals surface area contributed by atoms with Crippen LogP contribution in [-0.4, -0.2) is 5.97 Å². The molecule has 33 heavy (non-hydrogen) atoms. The minimum absolute atomic E-state index is 0.0650. The maximum absolute atomic E-state index is 14.6. The topological polar surface area (TPSA) is 26.3 Å². The molecule has 3 aliphatic rings. The third-order valence-corrected chi connectivity index (χ3v) is 9.09. The molecule has 0 spiro atoms. The molecule has 0 radical (unpaired) electrons. The molecule has 0 aromatic heterocycles. The molecule has 0 amide bonds. The number of rotatable bonds is 8. The molecule has 4 unspecified atom stereocenters. The van der Waals surface area contributed by atoms with Crippen molar-refractivity contribution >= 4 is 5.97 Å². The van der Waals surface area contributed by atoms with E-state index in [2.05, 4.69) is 13.5 Å². The van der Waals surface area contributed by atoms with Gasteiger partial charge in [-0.15, -0.1) is 6.58 Å². The highest BCUT2D eigenvalue weighted by molar-refractivity contribution is 5.75. The number of fused-ring (bicyclic) bond motifs is 1. The number of hydrogen-bond donors (Lipinski definition) is 0. The van der Waals surface area contributed by atoms with Gasteiger partial charge in [0.2, 0.25) is 0 Å². The standard InChI is InChI=1S/C30H43FO2/c1-3-5-8-22-13-18-29(28(31)19-22)33-30(32)27-10-6-9-25-20-24(16-17-26(25)27)23-14-11-21(7-4-2)12-15-23/h3,13,18-19,21,23-27H,1,4-12,14-17,20H2,2H3. The zero-order valence-electron chi connectivity index (χ0n) is 20.6. The zero-order valence-corrected chi connectivity index (χ0v) is 20.6. The number of carbonyl (C=O) groups is 1. The second-order valence-corrected chi connectivity index (χ2v) is 11.1. The summed E-state index contributed by atoms with van der Waals surface area (Å²) in [4.78, 5) is 13.1. The van der Waals surface area contributed by atoms with Gasteiger partial charge in [0.05, 0.1) is 5.92 Å². The summed E-state index contributed by atoms with van der Waals surface area (Å²) in [7, 11) is 0. The van der Waals surface area contributed by atoms with Crippen molar-refractivity contribution < 1.29 is 13.9 Å². The zero-order chi connectivity index (χ0) is 23.2. The van der Waals surface area contributed by atoms with Crippen LogP contribution in [0.15, 0.2) is 30.9 Å². The number of aryl methyl sites for hydroxylation is 1. The van der Waals surface area contributed by atoms with E-state index in [1.165, 1.54) is 63.9 Å². The number of carbonyl (C=O) groups excluding carboxylic acids is 1. The normalized spacial score (nSPS) is 32.1. The van der Waals surface area contributed by atoms with Crippen LogP contribution < -0.4 is 4.74 Å². The first-order valence-corrected chi connectivity index (χ1v) is 13.7. The second kappa shape index (κ2) is 11.7. The summed E-state index contributed by atoms with van der Waals surface area (Å²) in [6.45, 7) is 6.03. The lowest BCUT2D eigenvalue weighted by Crippen LogP contribution is -2.40. The summed E-state index contributed by atoms with van der Waals surface area (Å²) in [5.74, 6) is 3.17. The Hall–Kier alpha value is -1.64. The second-order valence-electron chi connectivity index (χ2n) is 11.1. The maximum Gasteiger partial charge on any atom is 0.314 e. The van der Waals surface area contributed by atoms with Crippen molar-refractivity contribution in [1.29, 1.82) is 0 Å². The summed E-state index contributed by atoms with van der Waals surface area (Å²) in [6.07, 6.45) is 18.8. The highest BCUT2D eigenvalue weighted by Crippen LogP contribution is 2.50. The van der Waals surface area contributed by atoms with Gasteiger partial charge in [-0.2, -0.15) is 0 Å². The van der Waals surface area contributed by atoms with Crippen LogP contribution in [-0.2, 0) is 11.2 Å². The average Bonchev–Trinajstić information content (AvgIpc) is 2.84. The number of benzene rings is 1. The predicted molar refractivity (Wildman–Crippen MR) is 133 cm³/mol. The molecule has 0 bridgehead atoms.